The van der Waals surface area contributed by atoms with Gasteiger partial charge in [0.2, 0.25) is 0 Å². The van der Waals surface area contributed by atoms with E-state index >= 15 is 0 Å². The maximum absolute atomic E-state index is 4.73. The van der Waals surface area contributed by atoms with E-state index in [1.54, 1.807) is 0 Å². The molecule has 4 atom stereocenters. The van der Waals surface area contributed by atoms with Crippen LogP contribution in [0.25, 0.3) is 44.8 Å². The Balaban J connectivity index is 0.897. The van der Waals surface area contributed by atoms with Gasteiger partial charge in [0, 0.05) is 0 Å². The van der Waals surface area contributed by atoms with Crippen molar-refractivity contribution in [3.63, 3.8) is 0 Å². The fourth-order valence-electron chi connectivity index (χ4n) is 7.40. The van der Waals surface area contributed by atoms with E-state index in [4.69, 9.17) is 9.97 Å². The van der Waals surface area contributed by atoms with E-state index in [2.05, 4.69) is 93.4 Å². The molecule has 3 unspecified atom stereocenters. The third kappa shape index (κ3) is 3.42. The third-order valence-electron chi connectivity index (χ3n) is 10.0. The van der Waals surface area contributed by atoms with Crippen LogP contribution in [0.1, 0.15) is 37.3 Å². The van der Waals surface area contributed by atoms with Gasteiger partial charge in [0.1, 0.15) is 11.6 Å². The zero-order valence-corrected chi connectivity index (χ0v) is 22.4. The van der Waals surface area contributed by atoms with Gasteiger partial charge in [-0.2, -0.15) is 0 Å². The number of hydrogen-bond donors (Lipinski definition) is 4. The largest absolute Gasteiger partial charge is 0.340 e. The molecule has 4 N–H and O–H groups in total. The van der Waals surface area contributed by atoms with Crippen molar-refractivity contribution in [1.29, 1.82) is 0 Å². The lowest BCUT2D eigenvalue weighted by molar-refractivity contribution is 0.550. The smallest absolute Gasteiger partial charge is 0.127 e. The molecule has 0 amide bonds. The van der Waals surface area contributed by atoms with Gasteiger partial charge in [0.05, 0.1) is 34.9 Å². The van der Waals surface area contributed by atoms with Crippen LogP contribution in [0, 0.1) is 11.8 Å². The summed E-state index contributed by atoms with van der Waals surface area (Å²) >= 11 is 0. The second kappa shape index (κ2) is 8.26. The zero-order valence-electron chi connectivity index (χ0n) is 22.4. The molecular weight excluding hydrogens is 492 g/mol. The summed E-state index contributed by atoms with van der Waals surface area (Å²) in [6.07, 6.45) is 8.91. The van der Waals surface area contributed by atoms with Gasteiger partial charge >= 0.3 is 0 Å². The number of H-pyrrole nitrogens is 2. The number of fused-ring (bicyclic) bond motifs is 2. The van der Waals surface area contributed by atoms with E-state index in [-0.39, 0.29) is 11.1 Å². The van der Waals surface area contributed by atoms with Crippen molar-refractivity contribution in [2.24, 2.45) is 11.8 Å². The lowest BCUT2D eigenvalue weighted by Gasteiger charge is -2.10. The molecule has 4 aliphatic rings. The average Bonchev–Trinajstić information content (AvgIpc) is 3.50. The maximum Gasteiger partial charge on any atom is 0.127 e. The van der Waals surface area contributed by atoms with E-state index in [1.165, 1.54) is 59.1 Å². The number of piperidine rings is 2. The number of nitrogens with one attached hydrogen (secondary N) is 4. The van der Waals surface area contributed by atoms with Crippen LogP contribution in [0.2, 0.25) is 0 Å². The van der Waals surface area contributed by atoms with Crippen LogP contribution in [0.5, 0.6) is 0 Å². The fraction of sp³-hybridized carbons (Fsp3) is 0.294. The van der Waals surface area contributed by atoms with E-state index in [9.17, 15) is 0 Å². The highest BCUT2D eigenvalue weighted by Gasteiger charge is 2.60. The third-order valence-corrected chi connectivity index (χ3v) is 10.0. The minimum absolute atomic E-state index is 0.121. The quantitative estimate of drug-likeness (QED) is 0.213. The fourth-order valence-corrected chi connectivity index (χ4v) is 7.40. The molecule has 9 rings (SSSR count). The summed E-state index contributed by atoms with van der Waals surface area (Å²) in [6, 6.07) is 26.4. The van der Waals surface area contributed by atoms with Gasteiger partial charge < -0.3 is 20.6 Å². The summed E-state index contributed by atoms with van der Waals surface area (Å²) < 4.78 is 0. The van der Waals surface area contributed by atoms with Crippen molar-refractivity contribution in [1.82, 2.24) is 30.6 Å². The monoisotopic (exact) mass is 524 g/mol. The summed E-state index contributed by atoms with van der Waals surface area (Å²) in [5, 5.41) is 7.32. The second-order valence-corrected chi connectivity index (χ2v) is 12.2. The number of nitrogens with zero attached hydrogens (tertiary/aromatic N) is 2. The van der Waals surface area contributed by atoms with Gasteiger partial charge in [-0.3, -0.25) is 0 Å². The number of benzene rings is 3. The molecule has 3 aromatic carbocycles. The molecule has 2 aliphatic heterocycles. The Morgan fingerprint density at radius 3 is 1.15 bits per heavy atom. The standard InChI is InChI=1S/C34H32N6/c1-2-22(24-7-11-26(12-8-24)30-20-36-32(40-30)34-18-28(34)14-16-38-34)4-3-21(1)23-5-9-25(10-6-23)29-19-35-31(39-29)33-17-27(33)13-15-37-33/h1-12,19-20,27-28,37-38H,13-18H2,(H,35,39)(H,36,40)/t27-,28?,33?,34?/m0/s1. The SMILES string of the molecule is c1cc(-c2ccc(-c3cnc(C45C[C@@H]4CCN5)[nH]3)cc2)ccc1-c1ccc(-c2cnc(C34CC3CCN4)[nH]2)cc1. The van der Waals surface area contributed by atoms with Crippen molar-refractivity contribution in [3.05, 3.63) is 96.8 Å². The van der Waals surface area contributed by atoms with Gasteiger partial charge in [-0.25, -0.2) is 9.97 Å². The molecule has 0 bridgehead atoms. The second-order valence-electron chi connectivity index (χ2n) is 12.2. The van der Waals surface area contributed by atoms with Crippen molar-refractivity contribution in [3.8, 4) is 44.8 Å². The lowest BCUT2D eigenvalue weighted by Crippen LogP contribution is -2.26. The maximum atomic E-state index is 4.73. The van der Waals surface area contributed by atoms with Crippen LogP contribution >= 0.6 is 0 Å². The topological polar surface area (TPSA) is 81.4 Å². The first kappa shape index (κ1) is 22.8. The Morgan fingerprint density at radius 2 is 0.850 bits per heavy atom. The molecule has 4 fully saturated rings. The molecule has 6 heteroatoms. The van der Waals surface area contributed by atoms with E-state index in [1.807, 2.05) is 12.4 Å². The van der Waals surface area contributed by atoms with Gasteiger partial charge in [-0.1, -0.05) is 72.8 Å². The zero-order chi connectivity index (χ0) is 26.3. The Bertz CT molecular complexity index is 1580. The molecule has 2 saturated heterocycles. The Morgan fingerprint density at radius 1 is 0.500 bits per heavy atom. The Kier molecular flexibility index (Phi) is 4.70. The molecule has 2 saturated carbocycles. The first-order chi connectivity index (χ1) is 19.7. The number of imidazole rings is 2. The minimum atomic E-state index is 0.121. The summed E-state index contributed by atoms with van der Waals surface area (Å²) in [6.45, 7) is 2.20. The van der Waals surface area contributed by atoms with Crippen LogP contribution < -0.4 is 10.6 Å². The number of aromatic amines is 2. The first-order valence-electron chi connectivity index (χ1n) is 14.6. The number of rotatable bonds is 6. The molecule has 6 nitrogen and oxygen atoms in total. The molecule has 2 aliphatic carbocycles. The van der Waals surface area contributed by atoms with Crippen molar-refractivity contribution < 1.29 is 0 Å². The van der Waals surface area contributed by atoms with Crippen LogP contribution in [-0.2, 0) is 11.1 Å². The Hall–Kier alpha value is -4.00. The summed E-state index contributed by atoms with van der Waals surface area (Å²) in [4.78, 5) is 16.6. The molecule has 198 valence electrons. The van der Waals surface area contributed by atoms with Gasteiger partial charge in [0.25, 0.3) is 0 Å². The van der Waals surface area contributed by atoms with E-state index < -0.39 is 0 Å². The first-order valence-corrected chi connectivity index (χ1v) is 14.6. The number of aromatic nitrogens is 4. The molecule has 5 aromatic rings. The van der Waals surface area contributed by atoms with Crippen molar-refractivity contribution in [2.45, 2.75) is 36.8 Å². The molecular formula is C34H32N6. The van der Waals surface area contributed by atoms with Gasteiger partial charge in [0.15, 0.2) is 0 Å². The summed E-state index contributed by atoms with van der Waals surface area (Å²) in [5.74, 6) is 3.71. The van der Waals surface area contributed by atoms with E-state index in [0.29, 0.717) is 0 Å². The molecule has 40 heavy (non-hydrogen) atoms. The number of hydrogen-bond acceptors (Lipinski definition) is 4. The summed E-state index contributed by atoms with van der Waals surface area (Å²) in [7, 11) is 0. The predicted octanol–water partition coefficient (Wildman–Crippen LogP) is 6.22. The van der Waals surface area contributed by atoms with Crippen LogP contribution in [0.4, 0.5) is 0 Å². The van der Waals surface area contributed by atoms with Crippen LogP contribution in [-0.4, -0.2) is 33.0 Å². The molecule has 4 heterocycles. The van der Waals surface area contributed by atoms with Gasteiger partial charge in [-0.05, 0) is 84.0 Å². The summed E-state index contributed by atoms with van der Waals surface area (Å²) in [5.41, 5.74) is 9.63. The predicted molar refractivity (Wildman–Crippen MR) is 157 cm³/mol. The van der Waals surface area contributed by atoms with Crippen molar-refractivity contribution in [2.75, 3.05) is 13.1 Å². The normalized spacial score (nSPS) is 27.9. The van der Waals surface area contributed by atoms with E-state index in [0.717, 1.165) is 48.0 Å². The molecule has 0 spiro atoms. The minimum Gasteiger partial charge on any atom is -0.340 e. The lowest BCUT2D eigenvalue weighted by atomic mass is 9.98. The molecule has 0 radical (unpaired) electrons. The highest BCUT2D eigenvalue weighted by atomic mass is 15.2. The van der Waals surface area contributed by atoms with Crippen LogP contribution in [0.15, 0.2) is 85.2 Å². The highest BCUT2D eigenvalue weighted by molar-refractivity contribution is 5.74. The molecule has 2 aromatic heterocycles. The van der Waals surface area contributed by atoms with Gasteiger partial charge in [-0.15, -0.1) is 0 Å². The van der Waals surface area contributed by atoms with Crippen LogP contribution in [0.3, 0.4) is 0 Å². The van der Waals surface area contributed by atoms with Crippen molar-refractivity contribution >= 4 is 0 Å². The Labute approximate surface area is 233 Å². The highest BCUT2D eigenvalue weighted by Crippen LogP contribution is 2.57. The average molecular weight is 525 g/mol.